The first kappa shape index (κ1) is 15.8. The van der Waals surface area contributed by atoms with E-state index in [1.54, 1.807) is 30.6 Å². The molecule has 1 aliphatic heterocycles. The summed E-state index contributed by atoms with van der Waals surface area (Å²) >= 11 is 0. The highest BCUT2D eigenvalue weighted by atomic mass is 19.1. The average Bonchev–Trinajstić information content (AvgIpc) is 3.13. The summed E-state index contributed by atoms with van der Waals surface area (Å²) in [6.07, 6.45) is 3.43. The van der Waals surface area contributed by atoms with E-state index in [0.29, 0.717) is 13.2 Å². The van der Waals surface area contributed by atoms with Gasteiger partial charge in [0.25, 0.3) is 0 Å². The number of rotatable bonds is 3. The maximum atomic E-state index is 13.1. The quantitative estimate of drug-likeness (QED) is 0.727. The molecule has 1 unspecified atom stereocenters. The van der Waals surface area contributed by atoms with E-state index in [2.05, 4.69) is 9.88 Å². The standard InChI is InChI=1S/C19H17F2N3O/c20-14-1-5-16(6-2-14)23-9-10-25-19(12-23)18-11-24(13-22-18)17-7-3-15(21)4-8-17/h1-8,11,13,19H,9-10,12H2. The molecule has 0 radical (unpaired) electrons. The summed E-state index contributed by atoms with van der Waals surface area (Å²) in [7, 11) is 0. The summed E-state index contributed by atoms with van der Waals surface area (Å²) in [4.78, 5) is 6.60. The van der Waals surface area contributed by atoms with Crippen molar-refractivity contribution in [1.29, 1.82) is 0 Å². The molecule has 1 saturated heterocycles. The Bertz CT molecular complexity index is 846. The first-order valence-electron chi connectivity index (χ1n) is 8.11. The van der Waals surface area contributed by atoms with E-state index < -0.39 is 0 Å². The zero-order chi connectivity index (χ0) is 17.2. The summed E-state index contributed by atoms with van der Waals surface area (Å²) in [5.41, 5.74) is 2.62. The molecule has 0 saturated carbocycles. The zero-order valence-corrected chi connectivity index (χ0v) is 13.5. The average molecular weight is 341 g/mol. The van der Waals surface area contributed by atoms with E-state index >= 15 is 0 Å². The molecule has 128 valence electrons. The molecule has 0 spiro atoms. The van der Waals surface area contributed by atoms with Gasteiger partial charge >= 0.3 is 0 Å². The molecule has 4 nitrogen and oxygen atoms in total. The first-order chi connectivity index (χ1) is 12.2. The number of morpholine rings is 1. The lowest BCUT2D eigenvalue weighted by Crippen LogP contribution is -2.38. The Hall–Kier alpha value is -2.73. The van der Waals surface area contributed by atoms with Crippen LogP contribution in [0.5, 0.6) is 0 Å². The molecular formula is C19H17F2N3O. The summed E-state index contributed by atoms with van der Waals surface area (Å²) < 4.78 is 33.9. The molecule has 0 bridgehead atoms. The number of aromatic nitrogens is 2. The maximum absolute atomic E-state index is 13.1. The number of imidazole rings is 1. The summed E-state index contributed by atoms with van der Waals surface area (Å²) in [6, 6.07) is 12.7. The van der Waals surface area contributed by atoms with Crippen LogP contribution in [0.2, 0.25) is 0 Å². The predicted molar refractivity (Wildman–Crippen MR) is 90.8 cm³/mol. The Balaban J connectivity index is 1.51. The van der Waals surface area contributed by atoms with Crippen LogP contribution in [0.4, 0.5) is 14.5 Å². The molecule has 6 heteroatoms. The van der Waals surface area contributed by atoms with Gasteiger partial charge in [0.15, 0.2) is 0 Å². The van der Waals surface area contributed by atoms with Crippen LogP contribution in [0.1, 0.15) is 11.8 Å². The van der Waals surface area contributed by atoms with Crippen molar-refractivity contribution in [1.82, 2.24) is 9.55 Å². The zero-order valence-electron chi connectivity index (χ0n) is 13.5. The van der Waals surface area contributed by atoms with Gasteiger partial charge in [-0.25, -0.2) is 13.8 Å². The molecule has 0 amide bonds. The second-order valence-corrected chi connectivity index (χ2v) is 5.96. The highest BCUT2D eigenvalue weighted by molar-refractivity contribution is 5.47. The van der Waals surface area contributed by atoms with Crippen molar-refractivity contribution < 1.29 is 13.5 Å². The molecule has 25 heavy (non-hydrogen) atoms. The molecular weight excluding hydrogens is 324 g/mol. The maximum Gasteiger partial charge on any atom is 0.123 e. The van der Waals surface area contributed by atoms with E-state index in [0.717, 1.165) is 23.6 Å². The van der Waals surface area contributed by atoms with Gasteiger partial charge in [-0.2, -0.15) is 0 Å². The van der Waals surface area contributed by atoms with Crippen molar-refractivity contribution in [2.24, 2.45) is 0 Å². The fraction of sp³-hybridized carbons (Fsp3) is 0.211. The topological polar surface area (TPSA) is 30.3 Å². The third-order valence-electron chi connectivity index (χ3n) is 4.32. The highest BCUT2D eigenvalue weighted by Gasteiger charge is 2.24. The van der Waals surface area contributed by atoms with Gasteiger partial charge in [-0.1, -0.05) is 0 Å². The first-order valence-corrected chi connectivity index (χ1v) is 8.11. The normalized spacial score (nSPS) is 17.7. The number of benzene rings is 2. The third-order valence-corrected chi connectivity index (χ3v) is 4.32. The second kappa shape index (κ2) is 6.64. The molecule has 1 atom stereocenters. The van der Waals surface area contributed by atoms with Gasteiger partial charge in [0.2, 0.25) is 0 Å². The molecule has 3 aromatic rings. The Kier molecular flexibility index (Phi) is 4.19. The molecule has 0 N–H and O–H groups in total. The Morgan fingerprint density at radius 3 is 2.24 bits per heavy atom. The van der Waals surface area contributed by atoms with Gasteiger partial charge in [-0.3, -0.25) is 0 Å². The van der Waals surface area contributed by atoms with Crippen LogP contribution in [-0.2, 0) is 4.74 Å². The Morgan fingerprint density at radius 1 is 0.920 bits per heavy atom. The summed E-state index contributed by atoms with van der Waals surface area (Å²) in [5.74, 6) is -0.513. The predicted octanol–water partition coefficient (Wildman–Crippen LogP) is 3.73. The second-order valence-electron chi connectivity index (χ2n) is 5.96. The van der Waals surface area contributed by atoms with Crippen LogP contribution >= 0.6 is 0 Å². The van der Waals surface area contributed by atoms with Crippen molar-refractivity contribution in [2.75, 3.05) is 24.6 Å². The minimum atomic E-state index is -0.269. The Labute approximate surface area is 144 Å². The lowest BCUT2D eigenvalue weighted by molar-refractivity contribution is 0.0372. The third kappa shape index (κ3) is 3.39. The van der Waals surface area contributed by atoms with Crippen molar-refractivity contribution in [3.05, 3.63) is 78.4 Å². The van der Waals surface area contributed by atoms with E-state index in [1.165, 1.54) is 24.3 Å². The van der Waals surface area contributed by atoms with Crippen LogP contribution in [-0.4, -0.2) is 29.2 Å². The fourth-order valence-corrected chi connectivity index (χ4v) is 2.97. The van der Waals surface area contributed by atoms with Crippen LogP contribution < -0.4 is 4.90 Å². The minimum Gasteiger partial charge on any atom is -0.368 e. The lowest BCUT2D eigenvalue weighted by atomic mass is 10.2. The number of halogens is 2. The van der Waals surface area contributed by atoms with Gasteiger partial charge in [0.05, 0.1) is 25.2 Å². The van der Waals surface area contributed by atoms with Crippen molar-refractivity contribution >= 4 is 5.69 Å². The summed E-state index contributed by atoms with van der Waals surface area (Å²) in [5, 5.41) is 0. The van der Waals surface area contributed by atoms with E-state index in [-0.39, 0.29) is 17.7 Å². The number of anilines is 1. The fourth-order valence-electron chi connectivity index (χ4n) is 2.97. The van der Waals surface area contributed by atoms with Gasteiger partial charge in [0, 0.05) is 24.1 Å². The lowest BCUT2D eigenvalue weighted by Gasteiger charge is -2.33. The molecule has 1 fully saturated rings. The molecule has 1 aliphatic rings. The molecule has 0 aliphatic carbocycles. The van der Waals surface area contributed by atoms with E-state index in [9.17, 15) is 8.78 Å². The number of hydrogen-bond acceptors (Lipinski definition) is 3. The van der Waals surface area contributed by atoms with Crippen molar-refractivity contribution in [3.8, 4) is 5.69 Å². The molecule has 2 aromatic carbocycles. The molecule has 4 rings (SSSR count). The minimum absolute atomic E-state index is 0.166. The van der Waals surface area contributed by atoms with E-state index in [4.69, 9.17) is 4.74 Å². The molecule has 1 aromatic heterocycles. The van der Waals surface area contributed by atoms with Crippen LogP contribution in [0.3, 0.4) is 0 Å². The monoisotopic (exact) mass is 341 g/mol. The summed E-state index contributed by atoms with van der Waals surface area (Å²) in [6.45, 7) is 1.97. The van der Waals surface area contributed by atoms with Gasteiger partial charge in [-0.15, -0.1) is 0 Å². The SMILES string of the molecule is Fc1ccc(N2CCOC(c3cn(-c4ccc(F)cc4)cn3)C2)cc1. The van der Waals surface area contributed by atoms with Crippen LogP contribution in [0.25, 0.3) is 5.69 Å². The van der Waals surface area contributed by atoms with Crippen LogP contribution in [0.15, 0.2) is 61.1 Å². The number of hydrogen-bond donors (Lipinski definition) is 0. The van der Waals surface area contributed by atoms with Crippen LogP contribution in [0, 0.1) is 11.6 Å². The highest BCUT2D eigenvalue weighted by Crippen LogP contribution is 2.26. The molecule has 2 heterocycles. The number of nitrogens with zero attached hydrogens (tertiary/aromatic N) is 3. The van der Waals surface area contributed by atoms with E-state index in [1.807, 2.05) is 10.8 Å². The van der Waals surface area contributed by atoms with Crippen molar-refractivity contribution in [3.63, 3.8) is 0 Å². The largest absolute Gasteiger partial charge is 0.368 e. The smallest absolute Gasteiger partial charge is 0.123 e. The van der Waals surface area contributed by atoms with Gasteiger partial charge in [-0.05, 0) is 48.5 Å². The Morgan fingerprint density at radius 2 is 1.56 bits per heavy atom. The van der Waals surface area contributed by atoms with Crippen molar-refractivity contribution in [2.45, 2.75) is 6.10 Å². The number of ether oxygens (including phenoxy) is 1. The van der Waals surface area contributed by atoms with Gasteiger partial charge in [0.1, 0.15) is 17.7 Å². The van der Waals surface area contributed by atoms with Gasteiger partial charge < -0.3 is 14.2 Å².